The zero-order valence-electron chi connectivity index (χ0n) is 21.8. The van der Waals surface area contributed by atoms with Crippen molar-refractivity contribution in [3.8, 4) is 11.5 Å². The van der Waals surface area contributed by atoms with E-state index in [0.29, 0.717) is 22.2 Å². The maximum atomic E-state index is 12.6. The molecule has 2 N–H and O–H groups in total. The summed E-state index contributed by atoms with van der Waals surface area (Å²) in [7, 11) is -3.82. The molecule has 42 heavy (non-hydrogen) atoms. The van der Waals surface area contributed by atoms with Gasteiger partial charge in [0.1, 0.15) is 0 Å². The monoisotopic (exact) mass is 645 g/mol. The van der Waals surface area contributed by atoms with E-state index in [0.717, 1.165) is 0 Å². The van der Waals surface area contributed by atoms with Crippen LogP contribution in [-0.4, -0.2) is 33.1 Å². The number of anilines is 1. The van der Waals surface area contributed by atoms with Crippen LogP contribution in [0.1, 0.15) is 33.2 Å². The van der Waals surface area contributed by atoms with Gasteiger partial charge in [0.2, 0.25) is 0 Å². The number of carbonyl (C=O) groups excluding carboxylic acids is 2. The third kappa shape index (κ3) is 8.01. The predicted molar refractivity (Wildman–Crippen MR) is 163 cm³/mol. The zero-order chi connectivity index (χ0) is 30.3. The lowest BCUT2D eigenvalue weighted by Gasteiger charge is -2.12. The molecule has 0 saturated carbocycles. The summed E-state index contributed by atoms with van der Waals surface area (Å²) in [6, 6.07) is 20.7. The van der Waals surface area contributed by atoms with Gasteiger partial charge in [-0.05, 0) is 97.4 Å². The molecule has 216 valence electrons. The number of benzene rings is 4. The van der Waals surface area contributed by atoms with Crippen LogP contribution in [0.5, 0.6) is 11.5 Å². The van der Waals surface area contributed by atoms with Gasteiger partial charge in [-0.15, -0.1) is 0 Å². The van der Waals surface area contributed by atoms with Crippen molar-refractivity contribution in [1.29, 1.82) is 0 Å². The Morgan fingerprint density at radius 3 is 2.21 bits per heavy atom. The van der Waals surface area contributed by atoms with Crippen LogP contribution in [0.2, 0.25) is 15.1 Å². The Bertz CT molecular complexity index is 1750. The number of ether oxygens (including phenoxy) is 2. The predicted octanol–water partition coefficient (Wildman–Crippen LogP) is 6.83. The Balaban J connectivity index is 1.38. The van der Waals surface area contributed by atoms with Gasteiger partial charge in [-0.3, -0.25) is 9.52 Å². The summed E-state index contributed by atoms with van der Waals surface area (Å²) in [5.74, 6) is -0.757. The first-order valence-corrected chi connectivity index (χ1v) is 14.8. The highest BCUT2D eigenvalue weighted by Gasteiger charge is 2.17. The first-order chi connectivity index (χ1) is 20.1. The number of carbonyl (C=O) groups is 2. The first-order valence-electron chi connectivity index (χ1n) is 12.2. The van der Waals surface area contributed by atoms with E-state index >= 15 is 0 Å². The SMILES string of the molecule is CCOc1cc(/C=N\NC(=O)c2ccc(NS(=O)(=O)c3ccc(Cl)cc3)cc2)ccc1OC(=O)c1ccc(Cl)cc1Cl. The summed E-state index contributed by atoms with van der Waals surface area (Å²) in [5.41, 5.74) is 3.62. The van der Waals surface area contributed by atoms with Crippen LogP contribution in [0.4, 0.5) is 5.69 Å². The normalized spacial score (nSPS) is 11.2. The summed E-state index contributed by atoms with van der Waals surface area (Å²) in [5, 5.41) is 4.92. The van der Waals surface area contributed by atoms with E-state index in [1.807, 2.05) is 0 Å². The molecule has 0 aliphatic rings. The molecule has 0 spiro atoms. The number of amides is 1. The maximum absolute atomic E-state index is 12.6. The minimum Gasteiger partial charge on any atom is -0.490 e. The fraction of sp³-hybridized carbons (Fsp3) is 0.0690. The topological polar surface area (TPSA) is 123 Å². The number of sulfonamides is 1. The van der Waals surface area contributed by atoms with E-state index in [4.69, 9.17) is 44.3 Å². The second kappa shape index (κ2) is 13.7. The van der Waals surface area contributed by atoms with Gasteiger partial charge in [0.05, 0.1) is 28.3 Å². The summed E-state index contributed by atoms with van der Waals surface area (Å²) >= 11 is 17.8. The molecule has 0 saturated heterocycles. The minimum absolute atomic E-state index is 0.0488. The third-order valence-corrected chi connectivity index (χ3v) is 7.72. The van der Waals surface area contributed by atoms with Crippen LogP contribution in [0.25, 0.3) is 0 Å². The molecule has 4 aromatic carbocycles. The van der Waals surface area contributed by atoms with Gasteiger partial charge in [-0.2, -0.15) is 5.10 Å². The van der Waals surface area contributed by atoms with Crippen molar-refractivity contribution in [2.45, 2.75) is 11.8 Å². The molecular weight excluding hydrogens is 625 g/mol. The number of rotatable bonds is 10. The van der Waals surface area contributed by atoms with E-state index in [2.05, 4.69) is 15.2 Å². The summed E-state index contributed by atoms with van der Waals surface area (Å²) in [6.45, 7) is 2.08. The lowest BCUT2D eigenvalue weighted by molar-refractivity contribution is 0.0728. The second-order valence-electron chi connectivity index (χ2n) is 8.49. The fourth-order valence-electron chi connectivity index (χ4n) is 3.51. The minimum atomic E-state index is -3.82. The van der Waals surface area contributed by atoms with Crippen LogP contribution in [0, 0.1) is 0 Å². The highest BCUT2D eigenvalue weighted by molar-refractivity contribution is 7.92. The number of hydrogen-bond donors (Lipinski definition) is 2. The molecule has 0 aliphatic heterocycles. The van der Waals surface area contributed by atoms with E-state index in [1.165, 1.54) is 79.0 Å². The van der Waals surface area contributed by atoms with Crippen LogP contribution < -0.4 is 19.6 Å². The summed E-state index contributed by atoms with van der Waals surface area (Å²) in [4.78, 5) is 25.2. The van der Waals surface area contributed by atoms with Crippen molar-refractivity contribution in [2.75, 3.05) is 11.3 Å². The Hall–Kier alpha value is -4.09. The van der Waals surface area contributed by atoms with Crippen LogP contribution in [0.15, 0.2) is 94.9 Å². The average Bonchev–Trinajstić information content (AvgIpc) is 2.95. The van der Waals surface area contributed by atoms with Crippen molar-refractivity contribution in [3.05, 3.63) is 117 Å². The van der Waals surface area contributed by atoms with Crippen molar-refractivity contribution in [3.63, 3.8) is 0 Å². The van der Waals surface area contributed by atoms with Gasteiger partial charge in [-0.1, -0.05) is 34.8 Å². The van der Waals surface area contributed by atoms with Crippen LogP contribution in [-0.2, 0) is 10.0 Å². The van der Waals surface area contributed by atoms with Gasteiger partial charge in [0.15, 0.2) is 11.5 Å². The van der Waals surface area contributed by atoms with Crippen molar-refractivity contribution in [2.24, 2.45) is 5.10 Å². The molecule has 4 aromatic rings. The molecular formula is C29H22Cl3N3O6S. The maximum Gasteiger partial charge on any atom is 0.345 e. The smallest absolute Gasteiger partial charge is 0.345 e. The Labute approximate surface area is 257 Å². The van der Waals surface area contributed by atoms with Crippen molar-refractivity contribution < 1.29 is 27.5 Å². The average molecular weight is 647 g/mol. The Morgan fingerprint density at radius 1 is 0.857 bits per heavy atom. The van der Waals surface area contributed by atoms with E-state index in [9.17, 15) is 18.0 Å². The van der Waals surface area contributed by atoms with Crippen LogP contribution in [0.3, 0.4) is 0 Å². The van der Waals surface area contributed by atoms with Gasteiger partial charge >= 0.3 is 5.97 Å². The Kier molecular flexibility index (Phi) is 10.1. The fourth-order valence-corrected chi connectivity index (χ4v) is 5.19. The standard InChI is InChI=1S/C29H22Cl3N3O6S/c1-2-40-27-15-18(3-14-26(27)41-29(37)24-13-8-21(31)16-25(24)32)17-33-34-28(36)19-4-9-22(10-5-19)35-42(38,39)23-11-6-20(30)7-12-23/h3-17,35H,2H2,1H3,(H,34,36)/b33-17-. The molecule has 0 aromatic heterocycles. The molecule has 0 heterocycles. The molecule has 0 aliphatic carbocycles. The number of nitrogens with zero attached hydrogens (tertiary/aromatic N) is 1. The van der Waals surface area contributed by atoms with Gasteiger partial charge in [0.25, 0.3) is 15.9 Å². The third-order valence-electron chi connectivity index (χ3n) is 5.52. The largest absolute Gasteiger partial charge is 0.490 e. The lowest BCUT2D eigenvalue weighted by Crippen LogP contribution is -2.18. The molecule has 0 unspecified atom stereocenters. The molecule has 0 bridgehead atoms. The number of nitrogens with one attached hydrogen (secondary N) is 2. The zero-order valence-corrected chi connectivity index (χ0v) is 24.9. The number of hydrazone groups is 1. The van der Waals surface area contributed by atoms with Gasteiger partial charge < -0.3 is 9.47 Å². The molecule has 0 fully saturated rings. The summed E-state index contributed by atoms with van der Waals surface area (Å²) in [6.07, 6.45) is 1.39. The first kappa shape index (κ1) is 30.9. The molecule has 0 radical (unpaired) electrons. The van der Waals surface area contributed by atoms with E-state index in [-0.39, 0.29) is 38.2 Å². The second-order valence-corrected chi connectivity index (χ2v) is 11.5. The van der Waals surface area contributed by atoms with Crippen molar-refractivity contribution in [1.82, 2.24) is 5.43 Å². The van der Waals surface area contributed by atoms with Gasteiger partial charge in [-0.25, -0.2) is 18.6 Å². The number of hydrogen-bond acceptors (Lipinski definition) is 7. The Morgan fingerprint density at radius 2 is 1.55 bits per heavy atom. The number of esters is 1. The number of halogens is 3. The molecule has 4 rings (SSSR count). The summed E-state index contributed by atoms with van der Waals surface area (Å²) < 4.78 is 38.6. The molecule has 13 heteroatoms. The highest BCUT2D eigenvalue weighted by atomic mass is 35.5. The van der Waals surface area contributed by atoms with E-state index in [1.54, 1.807) is 19.1 Å². The highest BCUT2D eigenvalue weighted by Crippen LogP contribution is 2.30. The van der Waals surface area contributed by atoms with Crippen molar-refractivity contribution >= 4 is 68.6 Å². The quantitative estimate of drug-likeness (QED) is 0.0843. The van der Waals surface area contributed by atoms with E-state index < -0.39 is 21.9 Å². The molecule has 1 amide bonds. The molecule has 0 atom stereocenters. The lowest BCUT2D eigenvalue weighted by atomic mass is 10.2. The van der Waals surface area contributed by atoms with Gasteiger partial charge in [0, 0.05) is 21.3 Å². The molecule has 9 nitrogen and oxygen atoms in total. The van der Waals surface area contributed by atoms with Crippen LogP contribution >= 0.6 is 34.8 Å².